The van der Waals surface area contributed by atoms with Gasteiger partial charge in [0.1, 0.15) is 0 Å². The van der Waals surface area contributed by atoms with Crippen LogP contribution in [0.15, 0.2) is 30.3 Å². The number of hydrogen-bond acceptors (Lipinski definition) is 4. The Kier molecular flexibility index (Phi) is 7.56. The molecule has 146 valence electrons. The van der Waals surface area contributed by atoms with Gasteiger partial charge in [0.05, 0.1) is 4.88 Å². The zero-order valence-corrected chi connectivity index (χ0v) is 17.8. The van der Waals surface area contributed by atoms with Crippen molar-refractivity contribution in [3.05, 3.63) is 45.3 Å². The number of piperazine rings is 1. The summed E-state index contributed by atoms with van der Waals surface area (Å²) in [6.45, 7) is 9.62. The minimum absolute atomic E-state index is 0.0184. The second-order valence-corrected chi connectivity index (χ2v) is 8.66. The third-order valence-electron chi connectivity index (χ3n) is 4.83. The summed E-state index contributed by atoms with van der Waals surface area (Å²) >= 11 is 13.6. The van der Waals surface area contributed by atoms with Crippen LogP contribution in [-0.2, 0) is 0 Å². The van der Waals surface area contributed by atoms with E-state index in [0.717, 1.165) is 56.1 Å². The molecule has 1 aromatic carbocycles. The summed E-state index contributed by atoms with van der Waals surface area (Å²) in [5.41, 5.74) is 0.933. The average Bonchev–Trinajstić information content (AvgIpc) is 3.15. The SMILES string of the molecule is CCN1CCN(CCCNC(=O)c2ccc(-c3cc(Cl)cc(Cl)c3)s2)CC1. The van der Waals surface area contributed by atoms with E-state index in [1.54, 1.807) is 6.07 Å². The molecule has 1 aliphatic rings. The molecule has 1 aliphatic heterocycles. The Balaban J connectivity index is 1.44. The van der Waals surface area contributed by atoms with Gasteiger partial charge in [0, 0.05) is 47.6 Å². The fourth-order valence-electron chi connectivity index (χ4n) is 3.23. The van der Waals surface area contributed by atoms with Crippen molar-refractivity contribution in [3.8, 4) is 10.4 Å². The maximum Gasteiger partial charge on any atom is 0.261 e. The van der Waals surface area contributed by atoms with Gasteiger partial charge in [-0.3, -0.25) is 4.79 Å². The Morgan fingerprint density at radius 2 is 1.74 bits per heavy atom. The second-order valence-electron chi connectivity index (χ2n) is 6.71. The van der Waals surface area contributed by atoms with E-state index < -0.39 is 0 Å². The van der Waals surface area contributed by atoms with E-state index in [0.29, 0.717) is 21.5 Å². The standard InChI is InChI=1S/C20H25Cl2N3OS/c1-2-24-8-10-25(11-9-24)7-3-6-23-20(26)19-5-4-18(27-19)15-12-16(21)14-17(22)13-15/h4-5,12-14H,2-3,6-11H2,1H3,(H,23,26). The van der Waals surface area contributed by atoms with Crippen LogP contribution >= 0.6 is 34.5 Å². The molecule has 2 aromatic rings. The summed E-state index contributed by atoms with van der Waals surface area (Å²) in [7, 11) is 0. The monoisotopic (exact) mass is 425 g/mol. The molecule has 0 atom stereocenters. The number of nitrogens with one attached hydrogen (secondary N) is 1. The molecule has 1 aromatic heterocycles. The molecular formula is C20H25Cl2N3OS. The van der Waals surface area contributed by atoms with Crippen molar-refractivity contribution in [1.82, 2.24) is 15.1 Å². The van der Waals surface area contributed by atoms with Gasteiger partial charge in [-0.1, -0.05) is 30.1 Å². The molecule has 0 spiro atoms. The highest BCUT2D eigenvalue weighted by Gasteiger charge is 2.15. The first-order valence-corrected chi connectivity index (χ1v) is 10.9. The molecule has 0 aliphatic carbocycles. The number of rotatable bonds is 7. The van der Waals surface area contributed by atoms with E-state index in [1.165, 1.54) is 11.3 Å². The molecule has 1 fully saturated rings. The Morgan fingerprint density at radius 1 is 1.07 bits per heavy atom. The van der Waals surface area contributed by atoms with Gasteiger partial charge in [0.15, 0.2) is 0 Å². The van der Waals surface area contributed by atoms with Crippen LogP contribution < -0.4 is 5.32 Å². The number of carbonyl (C=O) groups is 1. The zero-order chi connectivity index (χ0) is 19.2. The average molecular weight is 426 g/mol. The van der Waals surface area contributed by atoms with Crippen molar-refractivity contribution >= 4 is 40.4 Å². The molecule has 7 heteroatoms. The van der Waals surface area contributed by atoms with Crippen LogP contribution in [0, 0.1) is 0 Å². The second kappa shape index (κ2) is 9.89. The van der Waals surface area contributed by atoms with Crippen molar-refractivity contribution in [2.45, 2.75) is 13.3 Å². The van der Waals surface area contributed by atoms with Crippen LogP contribution in [0.1, 0.15) is 23.0 Å². The fourth-order valence-corrected chi connectivity index (χ4v) is 4.67. The number of benzene rings is 1. The number of nitrogens with zero attached hydrogens (tertiary/aromatic N) is 2. The molecule has 0 radical (unpaired) electrons. The number of amides is 1. The molecule has 0 unspecified atom stereocenters. The van der Waals surface area contributed by atoms with Crippen LogP contribution in [0.5, 0.6) is 0 Å². The predicted molar refractivity (Wildman–Crippen MR) is 115 cm³/mol. The van der Waals surface area contributed by atoms with E-state index >= 15 is 0 Å². The lowest BCUT2D eigenvalue weighted by molar-refractivity contribution is 0.0952. The number of carbonyl (C=O) groups excluding carboxylic acids is 1. The smallest absolute Gasteiger partial charge is 0.261 e. The van der Waals surface area contributed by atoms with Gasteiger partial charge in [-0.25, -0.2) is 0 Å². The third kappa shape index (κ3) is 5.93. The molecule has 0 saturated carbocycles. The summed E-state index contributed by atoms with van der Waals surface area (Å²) in [6, 6.07) is 9.22. The van der Waals surface area contributed by atoms with Crippen molar-refractivity contribution < 1.29 is 4.79 Å². The van der Waals surface area contributed by atoms with Crippen molar-refractivity contribution in [3.63, 3.8) is 0 Å². The molecule has 0 bridgehead atoms. The quantitative estimate of drug-likeness (QED) is 0.664. The largest absolute Gasteiger partial charge is 0.351 e. The highest BCUT2D eigenvalue weighted by atomic mass is 35.5. The lowest BCUT2D eigenvalue weighted by atomic mass is 10.2. The lowest BCUT2D eigenvalue weighted by Gasteiger charge is -2.33. The Morgan fingerprint density at radius 3 is 2.41 bits per heavy atom. The third-order valence-corrected chi connectivity index (χ3v) is 6.40. The number of hydrogen-bond donors (Lipinski definition) is 1. The van der Waals surface area contributed by atoms with Crippen molar-refractivity contribution in [2.75, 3.05) is 45.8 Å². The van der Waals surface area contributed by atoms with E-state index in [4.69, 9.17) is 23.2 Å². The zero-order valence-electron chi connectivity index (χ0n) is 15.5. The van der Waals surface area contributed by atoms with Crippen molar-refractivity contribution in [2.24, 2.45) is 0 Å². The first kappa shape index (κ1) is 20.6. The van der Waals surface area contributed by atoms with E-state index in [2.05, 4.69) is 22.0 Å². The van der Waals surface area contributed by atoms with Crippen LogP contribution in [-0.4, -0.2) is 61.5 Å². The molecular weight excluding hydrogens is 401 g/mol. The van der Waals surface area contributed by atoms with Crippen LogP contribution in [0.4, 0.5) is 0 Å². The maximum atomic E-state index is 12.4. The van der Waals surface area contributed by atoms with Gasteiger partial charge < -0.3 is 15.1 Å². The molecule has 3 rings (SSSR count). The molecule has 2 heterocycles. The van der Waals surface area contributed by atoms with Crippen molar-refractivity contribution in [1.29, 1.82) is 0 Å². The minimum atomic E-state index is -0.0184. The summed E-state index contributed by atoms with van der Waals surface area (Å²) in [6.07, 6.45) is 0.972. The maximum absolute atomic E-state index is 12.4. The molecule has 1 N–H and O–H groups in total. The normalized spacial score (nSPS) is 15.8. The number of halogens is 2. The molecule has 4 nitrogen and oxygen atoms in total. The lowest BCUT2D eigenvalue weighted by Crippen LogP contribution is -2.46. The number of likely N-dealkylation sites (N-methyl/N-ethyl adjacent to an activating group) is 1. The van der Waals surface area contributed by atoms with Crippen LogP contribution in [0.25, 0.3) is 10.4 Å². The van der Waals surface area contributed by atoms with Gasteiger partial charge in [0.25, 0.3) is 5.91 Å². The van der Waals surface area contributed by atoms with Gasteiger partial charge in [-0.2, -0.15) is 0 Å². The van der Waals surface area contributed by atoms with E-state index in [-0.39, 0.29) is 5.91 Å². The first-order chi connectivity index (χ1) is 13.0. The fraction of sp³-hybridized carbons (Fsp3) is 0.450. The van der Waals surface area contributed by atoms with Gasteiger partial charge >= 0.3 is 0 Å². The minimum Gasteiger partial charge on any atom is -0.351 e. The topological polar surface area (TPSA) is 35.6 Å². The van der Waals surface area contributed by atoms with E-state index in [1.807, 2.05) is 24.3 Å². The molecule has 1 amide bonds. The van der Waals surface area contributed by atoms with Crippen LogP contribution in [0.3, 0.4) is 0 Å². The summed E-state index contributed by atoms with van der Waals surface area (Å²) in [5, 5.41) is 4.22. The van der Waals surface area contributed by atoms with E-state index in [9.17, 15) is 4.79 Å². The predicted octanol–water partition coefficient (Wildman–Crippen LogP) is 4.48. The Hall–Kier alpha value is -1.11. The Bertz CT molecular complexity index is 752. The molecule has 27 heavy (non-hydrogen) atoms. The highest BCUT2D eigenvalue weighted by molar-refractivity contribution is 7.17. The first-order valence-electron chi connectivity index (χ1n) is 9.34. The summed E-state index contributed by atoms with van der Waals surface area (Å²) < 4.78 is 0. The Labute approximate surface area is 175 Å². The number of thiophene rings is 1. The molecule has 1 saturated heterocycles. The van der Waals surface area contributed by atoms with Gasteiger partial charge in [-0.15, -0.1) is 11.3 Å². The van der Waals surface area contributed by atoms with Gasteiger partial charge in [0.2, 0.25) is 0 Å². The van der Waals surface area contributed by atoms with Crippen LogP contribution in [0.2, 0.25) is 10.0 Å². The summed E-state index contributed by atoms with van der Waals surface area (Å²) in [4.78, 5) is 19.0. The highest BCUT2D eigenvalue weighted by Crippen LogP contribution is 2.32. The van der Waals surface area contributed by atoms with Gasteiger partial charge in [-0.05, 0) is 55.4 Å². The summed E-state index contributed by atoms with van der Waals surface area (Å²) in [5.74, 6) is -0.0184.